The van der Waals surface area contributed by atoms with E-state index >= 15 is 0 Å². The molecule has 2 nitrogen and oxygen atoms in total. The van der Waals surface area contributed by atoms with Crippen LogP contribution in [0.1, 0.15) is 26.3 Å². The first-order chi connectivity index (χ1) is 9.44. The number of rotatable bonds is 4. The molecule has 2 rings (SSSR count). The zero-order valence-electron chi connectivity index (χ0n) is 12.0. The third-order valence-corrected chi connectivity index (χ3v) is 4.25. The molecule has 1 aromatic heterocycles. The zero-order valence-corrected chi connectivity index (χ0v) is 14.4. The van der Waals surface area contributed by atoms with Crippen LogP contribution in [0.5, 0.6) is 0 Å². The van der Waals surface area contributed by atoms with E-state index in [9.17, 15) is 0 Å². The van der Waals surface area contributed by atoms with Gasteiger partial charge in [-0.15, -0.1) is 0 Å². The van der Waals surface area contributed by atoms with Crippen LogP contribution in [0.4, 0.5) is 0 Å². The van der Waals surface area contributed by atoms with Gasteiger partial charge in [0.15, 0.2) is 0 Å². The monoisotopic (exact) mass is 350 g/mol. The number of nitrogens with zero attached hydrogens (tertiary/aromatic N) is 1. The van der Waals surface area contributed by atoms with Crippen molar-refractivity contribution in [3.63, 3.8) is 0 Å². The molecular weight excluding hydrogens is 332 g/mol. The molecule has 0 radical (unpaired) electrons. The maximum absolute atomic E-state index is 4.38. The minimum atomic E-state index is 0.106. The largest absolute Gasteiger partial charge is 0.308 e. The molecule has 4 heteroatoms. The minimum absolute atomic E-state index is 0.106. The average molecular weight is 351 g/mol. The second kappa shape index (κ2) is 6.74. The van der Waals surface area contributed by atoms with Gasteiger partial charge in [0, 0.05) is 27.6 Å². The Hall–Kier alpha value is -0.840. The van der Waals surface area contributed by atoms with E-state index in [0.29, 0.717) is 0 Å². The maximum atomic E-state index is 4.38. The molecular formula is C16H19BrN2S. The van der Waals surface area contributed by atoms with E-state index in [0.717, 1.165) is 16.0 Å². The summed E-state index contributed by atoms with van der Waals surface area (Å²) in [5.41, 5.74) is 1.39. The first kappa shape index (κ1) is 15.5. The van der Waals surface area contributed by atoms with E-state index in [-0.39, 0.29) is 5.54 Å². The van der Waals surface area contributed by atoms with E-state index in [2.05, 4.69) is 65.2 Å². The molecule has 1 heterocycles. The van der Waals surface area contributed by atoms with Crippen molar-refractivity contribution in [3.05, 3.63) is 52.6 Å². The van der Waals surface area contributed by atoms with Crippen molar-refractivity contribution < 1.29 is 0 Å². The number of nitrogens with one attached hydrogen (secondary N) is 1. The Kier molecular flexibility index (Phi) is 5.24. The number of halogens is 1. The number of hydrogen-bond acceptors (Lipinski definition) is 3. The van der Waals surface area contributed by atoms with Gasteiger partial charge in [-0.05, 0) is 56.7 Å². The summed E-state index contributed by atoms with van der Waals surface area (Å²) in [6.07, 6.45) is 1.83. The van der Waals surface area contributed by atoms with Crippen LogP contribution in [0.3, 0.4) is 0 Å². The number of aromatic nitrogens is 1. The first-order valence-electron chi connectivity index (χ1n) is 6.56. The smallest absolute Gasteiger partial charge is 0.101 e. The van der Waals surface area contributed by atoms with Crippen LogP contribution in [-0.2, 0) is 6.54 Å². The summed E-state index contributed by atoms with van der Waals surface area (Å²) in [6.45, 7) is 7.38. The predicted octanol–water partition coefficient (Wildman–Crippen LogP) is 4.88. The van der Waals surface area contributed by atoms with Crippen LogP contribution in [0, 0.1) is 0 Å². The van der Waals surface area contributed by atoms with Crippen LogP contribution in [0.2, 0.25) is 0 Å². The summed E-state index contributed by atoms with van der Waals surface area (Å²) < 4.78 is 1.11. The summed E-state index contributed by atoms with van der Waals surface area (Å²) in [5, 5.41) is 4.56. The lowest BCUT2D eigenvalue weighted by Crippen LogP contribution is -2.35. The Morgan fingerprint density at radius 2 is 2.00 bits per heavy atom. The van der Waals surface area contributed by atoms with E-state index in [1.165, 1.54) is 10.5 Å². The van der Waals surface area contributed by atoms with Crippen LogP contribution < -0.4 is 5.32 Å². The van der Waals surface area contributed by atoms with Crippen LogP contribution in [-0.4, -0.2) is 10.5 Å². The molecule has 0 atom stereocenters. The quantitative estimate of drug-likeness (QED) is 0.850. The van der Waals surface area contributed by atoms with Crippen LogP contribution in [0.15, 0.2) is 57.0 Å². The molecule has 1 aromatic carbocycles. The molecule has 0 aliphatic rings. The van der Waals surface area contributed by atoms with Crippen molar-refractivity contribution in [2.75, 3.05) is 0 Å². The normalized spacial score (nSPS) is 11.6. The molecule has 0 saturated carbocycles. The van der Waals surface area contributed by atoms with Gasteiger partial charge >= 0.3 is 0 Å². The van der Waals surface area contributed by atoms with Crippen molar-refractivity contribution in [2.24, 2.45) is 0 Å². The van der Waals surface area contributed by atoms with Gasteiger partial charge < -0.3 is 5.32 Å². The van der Waals surface area contributed by atoms with Gasteiger partial charge in [-0.1, -0.05) is 33.8 Å². The van der Waals surface area contributed by atoms with Crippen molar-refractivity contribution in [2.45, 2.75) is 42.8 Å². The van der Waals surface area contributed by atoms with Gasteiger partial charge in [-0.2, -0.15) is 0 Å². The van der Waals surface area contributed by atoms with Gasteiger partial charge in [-0.25, -0.2) is 4.98 Å². The first-order valence-corrected chi connectivity index (χ1v) is 8.17. The van der Waals surface area contributed by atoms with Gasteiger partial charge in [0.1, 0.15) is 5.03 Å². The van der Waals surface area contributed by atoms with Crippen molar-refractivity contribution in [3.8, 4) is 0 Å². The lowest BCUT2D eigenvalue weighted by atomic mass is 10.1. The lowest BCUT2D eigenvalue weighted by Gasteiger charge is -2.21. The molecule has 0 bridgehead atoms. The maximum Gasteiger partial charge on any atom is 0.101 e. The summed E-state index contributed by atoms with van der Waals surface area (Å²) in [4.78, 5) is 5.62. The minimum Gasteiger partial charge on any atom is -0.308 e. The molecule has 20 heavy (non-hydrogen) atoms. The van der Waals surface area contributed by atoms with E-state index in [4.69, 9.17) is 0 Å². The van der Waals surface area contributed by atoms with E-state index in [1.807, 2.05) is 24.4 Å². The van der Waals surface area contributed by atoms with Crippen LogP contribution in [0.25, 0.3) is 0 Å². The molecule has 0 saturated heterocycles. The Balaban J connectivity index is 2.19. The van der Waals surface area contributed by atoms with Crippen molar-refractivity contribution in [1.82, 2.24) is 10.3 Å². The zero-order chi connectivity index (χ0) is 14.6. The second-order valence-corrected chi connectivity index (χ2v) is 7.60. The Morgan fingerprint density at radius 3 is 2.65 bits per heavy atom. The molecule has 0 aliphatic heterocycles. The highest BCUT2D eigenvalue weighted by atomic mass is 79.9. The Bertz CT molecular complexity index is 564. The molecule has 0 spiro atoms. The molecule has 0 unspecified atom stereocenters. The van der Waals surface area contributed by atoms with Crippen molar-refractivity contribution >= 4 is 27.7 Å². The fraction of sp³-hybridized carbons (Fsp3) is 0.312. The number of benzene rings is 1. The molecule has 2 aromatic rings. The molecule has 0 amide bonds. The summed E-state index contributed by atoms with van der Waals surface area (Å²) in [6, 6.07) is 12.4. The highest BCUT2D eigenvalue weighted by Crippen LogP contribution is 2.31. The lowest BCUT2D eigenvalue weighted by molar-refractivity contribution is 0.422. The summed E-state index contributed by atoms with van der Waals surface area (Å²) >= 11 is 5.25. The van der Waals surface area contributed by atoms with E-state index in [1.54, 1.807) is 11.8 Å². The van der Waals surface area contributed by atoms with E-state index < -0.39 is 0 Å². The van der Waals surface area contributed by atoms with Gasteiger partial charge in [0.05, 0.1) is 0 Å². The summed E-state index contributed by atoms with van der Waals surface area (Å²) in [7, 11) is 0. The standard InChI is InChI=1S/C16H19BrN2S/c1-16(2,3)19-11-12-10-13(17)7-8-14(12)20-15-6-4-5-9-18-15/h4-10,19H,11H2,1-3H3. The Labute approximate surface area is 133 Å². The fourth-order valence-corrected chi connectivity index (χ4v) is 2.96. The number of hydrogen-bond donors (Lipinski definition) is 1. The van der Waals surface area contributed by atoms with Crippen LogP contribution >= 0.6 is 27.7 Å². The number of pyridine rings is 1. The molecule has 0 fully saturated rings. The average Bonchev–Trinajstić information content (AvgIpc) is 2.39. The third kappa shape index (κ3) is 4.93. The second-order valence-electron chi connectivity index (χ2n) is 5.63. The van der Waals surface area contributed by atoms with Crippen molar-refractivity contribution in [1.29, 1.82) is 0 Å². The Morgan fingerprint density at radius 1 is 1.20 bits per heavy atom. The van der Waals surface area contributed by atoms with Gasteiger partial charge in [0.25, 0.3) is 0 Å². The van der Waals surface area contributed by atoms with Gasteiger partial charge in [-0.3, -0.25) is 0 Å². The highest BCUT2D eigenvalue weighted by Gasteiger charge is 2.11. The molecule has 1 N–H and O–H groups in total. The SMILES string of the molecule is CC(C)(C)NCc1cc(Br)ccc1Sc1ccccn1. The van der Waals surface area contributed by atoms with Gasteiger partial charge in [0.2, 0.25) is 0 Å². The third-order valence-electron chi connectivity index (χ3n) is 2.68. The predicted molar refractivity (Wildman–Crippen MR) is 89.1 cm³/mol. The fourth-order valence-electron chi connectivity index (χ4n) is 1.67. The topological polar surface area (TPSA) is 24.9 Å². The molecule has 106 valence electrons. The highest BCUT2D eigenvalue weighted by molar-refractivity contribution is 9.10. The molecule has 0 aliphatic carbocycles. The summed E-state index contributed by atoms with van der Waals surface area (Å²) in [5.74, 6) is 0.